The van der Waals surface area contributed by atoms with E-state index >= 15 is 0 Å². The van der Waals surface area contributed by atoms with Crippen molar-refractivity contribution in [3.63, 3.8) is 0 Å². The average Bonchev–Trinajstić information content (AvgIpc) is 3.34. The molecule has 0 spiro atoms. The number of fused-ring (bicyclic) bond motifs is 2. The number of hydrogen-bond donors (Lipinski definition) is 1. The summed E-state index contributed by atoms with van der Waals surface area (Å²) < 4.78 is 2.10. The SMILES string of the molecule is CN(C)c1ccc(-n2cnc3cc(Nc4nnc(Cc5ccccc5)c5ccccc45)ccc32)cc1. The normalized spacial score (nSPS) is 11.2. The zero-order valence-electron chi connectivity index (χ0n) is 20.3. The maximum Gasteiger partial charge on any atom is 0.160 e. The lowest BCUT2D eigenvalue weighted by Gasteiger charge is -2.13. The Morgan fingerprint density at radius 1 is 0.778 bits per heavy atom. The minimum absolute atomic E-state index is 0.737. The average molecular weight is 471 g/mol. The molecule has 0 atom stereocenters. The second-order valence-corrected chi connectivity index (χ2v) is 9.06. The molecular formula is C30H26N6. The molecular weight excluding hydrogens is 444 g/mol. The van der Waals surface area contributed by atoms with E-state index in [9.17, 15) is 0 Å². The van der Waals surface area contributed by atoms with Crippen LogP contribution in [-0.4, -0.2) is 33.8 Å². The molecule has 0 bridgehead atoms. The van der Waals surface area contributed by atoms with Crippen LogP contribution < -0.4 is 10.2 Å². The van der Waals surface area contributed by atoms with Crippen LogP contribution in [0.2, 0.25) is 0 Å². The third kappa shape index (κ3) is 4.14. The van der Waals surface area contributed by atoms with Crippen molar-refractivity contribution < 1.29 is 0 Å². The third-order valence-corrected chi connectivity index (χ3v) is 6.43. The first kappa shape index (κ1) is 21.8. The van der Waals surface area contributed by atoms with E-state index in [1.165, 1.54) is 5.56 Å². The number of anilines is 3. The van der Waals surface area contributed by atoms with E-state index in [4.69, 9.17) is 0 Å². The summed E-state index contributed by atoms with van der Waals surface area (Å²) in [5.41, 5.74) is 7.31. The van der Waals surface area contributed by atoms with Gasteiger partial charge in [-0.1, -0.05) is 54.6 Å². The largest absolute Gasteiger partial charge is 0.378 e. The molecule has 176 valence electrons. The summed E-state index contributed by atoms with van der Waals surface area (Å²) in [6.07, 6.45) is 2.61. The van der Waals surface area contributed by atoms with Crippen molar-refractivity contribution in [3.05, 3.63) is 115 Å². The lowest BCUT2D eigenvalue weighted by molar-refractivity contribution is 0.962. The first-order valence-electron chi connectivity index (χ1n) is 12.0. The van der Waals surface area contributed by atoms with Gasteiger partial charge in [0.25, 0.3) is 0 Å². The second-order valence-electron chi connectivity index (χ2n) is 9.06. The predicted molar refractivity (Wildman–Crippen MR) is 147 cm³/mol. The lowest BCUT2D eigenvalue weighted by atomic mass is 10.0. The Labute approximate surface area is 209 Å². The maximum absolute atomic E-state index is 4.65. The number of hydrogen-bond acceptors (Lipinski definition) is 5. The highest BCUT2D eigenvalue weighted by atomic mass is 15.2. The molecule has 6 nitrogen and oxygen atoms in total. The fourth-order valence-electron chi connectivity index (χ4n) is 4.52. The third-order valence-electron chi connectivity index (χ3n) is 6.43. The van der Waals surface area contributed by atoms with Gasteiger partial charge in [0.05, 0.1) is 16.7 Å². The summed E-state index contributed by atoms with van der Waals surface area (Å²) in [5, 5.41) is 14.8. The number of benzene rings is 4. The van der Waals surface area contributed by atoms with Crippen molar-refractivity contribution in [2.75, 3.05) is 24.3 Å². The van der Waals surface area contributed by atoms with Crippen molar-refractivity contribution >= 4 is 39.0 Å². The van der Waals surface area contributed by atoms with E-state index in [1.807, 2.05) is 44.7 Å². The summed E-state index contributed by atoms with van der Waals surface area (Å²) >= 11 is 0. The Morgan fingerprint density at radius 2 is 1.53 bits per heavy atom. The first-order chi connectivity index (χ1) is 17.7. The van der Waals surface area contributed by atoms with Gasteiger partial charge in [-0.25, -0.2) is 4.98 Å². The number of nitrogens with zero attached hydrogens (tertiary/aromatic N) is 5. The minimum Gasteiger partial charge on any atom is -0.378 e. The van der Waals surface area contributed by atoms with Crippen LogP contribution in [0, 0.1) is 0 Å². The fourth-order valence-corrected chi connectivity index (χ4v) is 4.52. The van der Waals surface area contributed by atoms with Gasteiger partial charge in [0.2, 0.25) is 0 Å². The Kier molecular flexibility index (Phi) is 5.54. The van der Waals surface area contributed by atoms with Gasteiger partial charge in [0.1, 0.15) is 6.33 Å². The van der Waals surface area contributed by atoms with Gasteiger partial charge in [-0.2, -0.15) is 5.10 Å². The van der Waals surface area contributed by atoms with Crippen LogP contribution in [0.15, 0.2) is 103 Å². The lowest BCUT2D eigenvalue weighted by Crippen LogP contribution is -2.08. The molecule has 0 amide bonds. The van der Waals surface area contributed by atoms with Crippen molar-refractivity contribution in [2.24, 2.45) is 0 Å². The highest BCUT2D eigenvalue weighted by Crippen LogP contribution is 2.29. The van der Waals surface area contributed by atoms with E-state index in [2.05, 4.69) is 103 Å². The number of rotatable bonds is 6. The Morgan fingerprint density at radius 3 is 2.31 bits per heavy atom. The molecule has 36 heavy (non-hydrogen) atoms. The molecule has 0 unspecified atom stereocenters. The molecule has 2 aromatic heterocycles. The molecule has 2 heterocycles. The highest BCUT2D eigenvalue weighted by Gasteiger charge is 2.12. The molecule has 6 heteroatoms. The minimum atomic E-state index is 0.737. The van der Waals surface area contributed by atoms with Gasteiger partial charge in [-0.05, 0) is 48.0 Å². The van der Waals surface area contributed by atoms with Crippen molar-refractivity contribution in [2.45, 2.75) is 6.42 Å². The van der Waals surface area contributed by atoms with Crippen LogP contribution in [-0.2, 0) is 6.42 Å². The van der Waals surface area contributed by atoms with Crippen molar-refractivity contribution in [1.82, 2.24) is 19.7 Å². The molecule has 0 aliphatic rings. The predicted octanol–water partition coefficient (Wildman–Crippen LogP) is 6.37. The van der Waals surface area contributed by atoms with Crippen LogP contribution >= 0.6 is 0 Å². The molecule has 6 rings (SSSR count). The van der Waals surface area contributed by atoms with E-state index in [1.54, 1.807) is 0 Å². The van der Waals surface area contributed by atoms with Crippen LogP contribution in [0.4, 0.5) is 17.2 Å². The summed E-state index contributed by atoms with van der Waals surface area (Å²) in [6, 6.07) is 33.3. The molecule has 0 saturated heterocycles. The quantitative estimate of drug-likeness (QED) is 0.307. The molecule has 0 radical (unpaired) electrons. The van der Waals surface area contributed by atoms with Crippen molar-refractivity contribution in [3.8, 4) is 5.69 Å². The van der Waals surface area contributed by atoms with Gasteiger partial charge in [0.15, 0.2) is 5.82 Å². The van der Waals surface area contributed by atoms with Gasteiger partial charge >= 0.3 is 0 Å². The first-order valence-corrected chi connectivity index (χ1v) is 12.0. The van der Waals surface area contributed by atoms with E-state index in [0.717, 1.165) is 56.8 Å². The monoisotopic (exact) mass is 470 g/mol. The molecule has 6 aromatic rings. The van der Waals surface area contributed by atoms with Crippen LogP contribution in [0.5, 0.6) is 0 Å². The van der Waals surface area contributed by atoms with E-state index < -0.39 is 0 Å². The molecule has 0 aliphatic carbocycles. The number of aromatic nitrogens is 4. The van der Waals surface area contributed by atoms with Gasteiger partial charge in [-0.3, -0.25) is 4.57 Å². The van der Waals surface area contributed by atoms with E-state index in [-0.39, 0.29) is 0 Å². The summed E-state index contributed by atoms with van der Waals surface area (Å²) in [4.78, 5) is 6.75. The fraction of sp³-hybridized carbons (Fsp3) is 0.100. The topological polar surface area (TPSA) is 58.9 Å². The maximum atomic E-state index is 4.65. The zero-order chi connectivity index (χ0) is 24.5. The van der Waals surface area contributed by atoms with Gasteiger partial charge < -0.3 is 10.2 Å². The highest BCUT2D eigenvalue weighted by molar-refractivity contribution is 5.95. The van der Waals surface area contributed by atoms with Crippen LogP contribution in [0.1, 0.15) is 11.3 Å². The van der Waals surface area contributed by atoms with Crippen LogP contribution in [0.3, 0.4) is 0 Å². The zero-order valence-corrected chi connectivity index (χ0v) is 20.3. The Hall–Kier alpha value is -4.71. The molecule has 4 aromatic carbocycles. The molecule has 0 fully saturated rings. The summed E-state index contributed by atoms with van der Waals surface area (Å²) in [6.45, 7) is 0. The van der Waals surface area contributed by atoms with Crippen LogP contribution in [0.25, 0.3) is 27.5 Å². The van der Waals surface area contributed by atoms with Gasteiger partial charge in [0, 0.05) is 48.4 Å². The smallest absolute Gasteiger partial charge is 0.160 e. The second kappa shape index (κ2) is 9.15. The molecule has 0 aliphatic heterocycles. The summed E-state index contributed by atoms with van der Waals surface area (Å²) in [7, 11) is 4.08. The standard InChI is InChI=1S/C30H26N6/c1-35(2)23-13-15-24(16-14-23)36-20-31-28-19-22(12-17-29(28)36)32-30-26-11-7-6-10-25(26)27(33-34-30)18-21-8-4-3-5-9-21/h3-17,19-20H,18H2,1-2H3,(H,32,34). The molecule has 1 N–H and O–H groups in total. The number of nitrogens with one attached hydrogen (secondary N) is 1. The van der Waals surface area contributed by atoms with Gasteiger partial charge in [-0.15, -0.1) is 5.10 Å². The number of imidazole rings is 1. The Balaban J connectivity index is 1.31. The molecule has 0 saturated carbocycles. The van der Waals surface area contributed by atoms with Crippen molar-refractivity contribution in [1.29, 1.82) is 0 Å². The summed E-state index contributed by atoms with van der Waals surface area (Å²) in [5.74, 6) is 0.737. The van der Waals surface area contributed by atoms with E-state index in [0.29, 0.717) is 0 Å². The Bertz CT molecular complexity index is 1650.